The van der Waals surface area contributed by atoms with E-state index in [1.165, 1.54) is 12.8 Å². The second-order valence-electron chi connectivity index (χ2n) is 7.45. The summed E-state index contributed by atoms with van der Waals surface area (Å²) in [5, 5.41) is 3.42. The van der Waals surface area contributed by atoms with Crippen molar-refractivity contribution in [2.45, 2.75) is 26.3 Å². The maximum atomic E-state index is 5.79. The van der Waals surface area contributed by atoms with Gasteiger partial charge in [-0.05, 0) is 43.4 Å². The van der Waals surface area contributed by atoms with E-state index in [4.69, 9.17) is 9.73 Å². The molecule has 1 N–H and O–H groups in total. The number of anilines is 1. The molecule has 2 aromatic heterocycles. The topological polar surface area (TPSA) is 78.8 Å². The summed E-state index contributed by atoms with van der Waals surface area (Å²) >= 11 is 0. The Morgan fingerprint density at radius 3 is 2.66 bits per heavy atom. The minimum Gasteiger partial charge on any atom is -0.477 e. The van der Waals surface area contributed by atoms with E-state index >= 15 is 0 Å². The van der Waals surface area contributed by atoms with Crippen molar-refractivity contribution in [2.75, 3.05) is 44.2 Å². The first kappa shape index (κ1) is 19.4. The van der Waals surface area contributed by atoms with Crippen molar-refractivity contribution in [3.63, 3.8) is 0 Å². The Morgan fingerprint density at radius 1 is 1.14 bits per heavy atom. The first-order valence-corrected chi connectivity index (χ1v) is 10.4. The third-order valence-corrected chi connectivity index (χ3v) is 5.12. The maximum absolute atomic E-state index is 5.79. The van der Waals surface area contributed by atoms with Crippen molar-refractivity contribution < 1.29 is 4.74 Å². The maximum Gasteiger partial charge on any atom is 0.225 e. The SMILES string of the molecule is CCNC(=NCc1ccnc(OCC2CC2)c1)N1CCN(c2ncccn2)CC1. The Labute approximate surface area is 172 Å². The number of pyridine rings is 1. The second-order valence-corrected chi connectivity index (χ2v) is 7.45. The van der Waals surface area contributed by atoms with E-state index in [9.17, 15) is 0 Å². The molecule has 0 radical (unpaired) electrons. The largest absolute Gasteiger partial charge is 0.477 e. The van der Waals surface area contributed by atoms with Crippen molar-refractivity contribution >= 4 is 11.9 Å². The van der Waals surface area contributed by atoms with Crippen LogP contribution in [0.3, 0.4) is 0 Å². The van der Waals surface area contributed by atoms with Gasteiger partial charge in [0.2, 0.25) is 11.8 Å². The molecule has 8 nitrogen and oxygen atoms in total. The zero-order valence-electron chi connectivity index (χ0n) is 17.0. The number of aromatic nitrogens is 3. The molecular weight excluding hydrogens is 366 g/mol. The number of ether oxygens (including phenoxy) is 1. The fraction of sp³-hybridized carbons (Fsp3) is 0.524. The molecule has 29 heavy (non-hydrogen) atoms. The van der Waals surface area contributed by atoms with Crippen LogP contribution in [0.25, 0.3) is 0 Å². The third kappa shape index (κ3) is 5.56. The number of aliphatic imine (C=N–C) groups is 1. The van der Waals surface area contributed by atoms with E-state index in [0.29, 0.717) is 12.4 Å². The standard InChI is InChI=1S/C21H29N7O/c1-2-22-20(27-10-12-28(13-11-27)21-24-7-3-8-25-21)26-15-18-6-9-23-19(14-18)29-16-17-4-5-17/h3,6-9,14,17H,2,4-5,10-13,15-16H2,1H3,(H,22,26). The van der Waals surface area contributed by atoms with E-state index < -0.39 is 0 Å². The number of hydrogen-bond acceptors (Lipinski definition) is 6. The summed E-state index contributed by atoms with van der Waals surface area (Å²) in [5.41, 5.74) is 1.11. The van der Waals surface area contributed by atoms with Crippen LogP contribution in [-0.2, 0) is 6.54 Å². The van der Waals surface area contributed by atoms with E-state index in [0.717, 1.165) is 62.7 Å². The quantitative estimate of drug-likeness (QED) is 0.567. The van der Waals surface area contributed by atoms with Crippen molar-refractivity contribution in [2.24, 2.45) is 10.9 Å². The van der Waals surface area contributed by atoms with Gasteiger partial charge in [-0.3, -0.25) is 0 Å². The number of hydrogen-bond donors (Lipinski definition) is 1. The van der Waals surface area contributed by atoms with Gasteiger partial charge in [0.15, 0.2) is 5.96 Å². The number of nitrogens with one attached hydrogen (secondary N) is 1. The Bertz CT molecular complexity index is 802. The molecule has 2 aliphatic rings. The summed E-state index contributed by atoms with van der Waals surface area (Å²) < 4.78 is 5.79. The molecule has 1 saturated carbocycles. The molecule has 1 aliphatic carbocycles. The van der Waals surface area contributed by atoms with Crippen LogP contribution in [-0.4, -0.2) is 65.1 Å². The van der Waals surface area contributed by atoms with Crippen molar-refractivity contribution in [3.8, 4) is 5.88 Å². The third-order valence-electron chi connectivity index (χ3n) is 5.12. The summed E-state index contributed by atoms with van der Waals surface area (Å²) in [5.74, 6) is 3.16. The van der Waals surface area contributed by atoms with Gasteiger partial charge < -0.3 is 19.9 Å². The van der Waals surface area contributed by atoms with Gasteiger partial charge in [0.05, 0.1) is 13.2 Å². The van der Waals surface area contributed by atoms with Crippen molar-refractivity contribution in [1.29, 1.82) is 0 Å². The molecule has 1 saturated heterocycles. The predicted molar refractivity (Wildman–Crippen MR) is 113 cm³/mol. The summed E-state index contributed by atoms with van der Waals surface area (Å²) in [6.45, 7) is 7.84. The van der Waals surface area contributed by atoms with Crippen LogP contribution in [0.1, 0.15) is 25.3 Å². The number of rotatable bonds is 7. The lowest BCUT2D eigenvalue weighted by Crippen LogP contribution is -2.52. The molecule has 0 aromatic carbocycles. The first-order valence-electron chi connectivity index (χ1n) is 10.4. The Morgan fingerprint density at radius 2 is 1.93 bits per heavy atom. The normalized spacial score (nSPS) is 17.3. The van der Waals surface area contributed by atoms with E-state index in [1.54, 1.807) is 18.6 Å². The van der Waals surface area contributed by atoms with Crippen LogP contribution in [0.15, 0.2) is 41.8 Å². The average Bonchev–Trinajstić information content (AvgIpc) is 3.61. The Hall–Kier alpha value is -2.90. The first-order chi connectivity index (χ1) is 14.3. The van der Waals surface area contributed by atoms with Crippen LogP contribution in [0.4, 0.5) is 5.95 Å². The summed E-state index contributed by atoms with van der Waals surface area (Å²) in [6.07, 6.45) is 7.94. The zero-order valence-corrected chi connectivity index (χ0v) is 17.0. The molecule has 0 spiro atoms. The minimum absolute atomic E-state index is 0.604. The lowest BCUT2D eigenvalue weighted by molar-refractivity contribution is 0.288. The van der Waals surface area contributed by atoms with Gasteiger partial charge in [-0.1, -0.05) is 0 Å². The van der Waals surface area contributed by atoms with Gasteiger partial charge in [0.25, 0.3) is 0 Å². The molecule has 2 fully saturated rings. The molecule has 1 aliphatic heterocycles. The average molecular weight is 396 g/mol. The van der Waals surface area contributed by atoms with Gasteiger partial charge in [0, 0.05) is 57.4 Å². The number of piperazine rings is 1. The molecule has 0 unspecified atom stereocenters. The summed E-state index contributed by atoms with van der Waals surface area (Å²) in [4.78, 5) is 22.4. The van der Waals surface area contributed by atoms with Gasteiger partial charge >= 0.3 is 0 Å². The number of guanidine groups is 1. The van der Waals surface area contributed by atoms with Crippen LogP contribution < -0.4 is 15.0 Å². The monoisotopic (exact) mass is 395 g/mol. The highest BCUT2D eigenvalue weighted by molar-refractivity contribution is 5.80. The van der Waals surface area contributed by atoms with Gasteiger partial charge in [-0.25, -0.2) is 19.9 Å². The van der Waals surface area contributed by atoms with Crippen LogP contribution in [0.5, 0.6) is 5.88 Å². The fourth-order valence-corrected chi connectivity index (χ4v) is 3.28. The predicted octanol–water partition coefficient (Wildman–Crippen LogP) is 1.95. The zero-order chi connectivity index (χ0) is 19.9. The molecule has 2 aromatic rings. The fourth-order valence-electron chi connectivity index (χ4n) is 3.28. The molecule has 154 valence electrons. The highest BCUT2D eigenvalue weighted by Gasteiger charge is 2.22. The summed E-state index contributed by atoms with van der Waals surface area (Å²) in [6, 6.07) is 5.85. The minimum atomic E-state index is 0.604. The van der Waals surface area contributed by atoms with Crippen molar-refractivity contribution in [3.05, 3.63) is 42.4 Å². The smallest absolute Gasteiger partial charge is 0.225 e. The highest BCUT2D eigenvalue weighted by Crippen LogP contribution is 2.29. The summed E-state index contributed by atoms with van der Waals surface area (Å²) in [7, 11) is 0. The van der Waals surface area contributed by atoms with Crippen LogP contribution in [0, 0.1) is 5.92 Å². The molecule has 0 amide bonds. The molecule has 3 heterocycles. The molecule has 4 rings (SSSR count). The van der Waals surface area contributed by atoms with Gasteiger partial charge in [-0.2, -0.15) is 0 Å². The molecular formula is C21H29N7O. The van der Waals surface area contributed by atoms with E-state index in [-0.39, 0.29) is 0 Å². The van der Waals surface area contributed by atoms with E-state index in [2.05, 4.69) is 37.0 Å². The van der Waals surface area contributed by atoms with Gasteiger partial charge in [0.1, 0.15) is 0 Å². The van der Waals surface area contributed by atoms with Gasteiger partial charge in [-0.15, -0.1) is 0 Å². The van der Waals surface area contributed by atoms with E-state index in [1.807, 2.05) is 18.2 Å². The van der Waals surface area contributed by atoms with Crippen LogP contribution in [0.2, 0.25) is 0 Å². The molecule has 8 heteroatoms. The molecule has 0 bridgehead atoms. The second kappa shape index (κ2) is 9.54. The molecule has 0 atom stereocenters. The van der Waals surface area contributed by atoms with Crippen LogP contribution >= 0.6 is 0 Å². The lowest BCUT2D eigenvalue weighted by atomic mass is 10.2. The highest BCUT2D eigenvalue weighted by atomic mass is 16.5. The Kier molecular flexibility index (Phi) is 6.38. The number of nitrogens with zero attached hydrogens (tertiary/aromatic N) is 6. The Balaban J connectivity index is 1.35. The lowest BCUT2D eigenvalue weighted by Gasteiger charge is -2.36. The van der Waals surface area contributed by atoms with Crippen molar-refractivity contribution in [1.82, 2.24) is 25.2 Å².